The van der Waals surface area contributed by atoms with Crippen LogP contribution in [0, 0.1) is 0 Å². The number of aliphatic hydroxyl groups is 2. The monoisotopic (exact) mass is 547 g/mol. The number of ether oxygens (including phenoxy) is 1. The number of aromatic nitrogens is 2. The molecule has 2 heterocycles. The zero-order chi connectivity index (χ0) is 27.6. The van der Waals surface area contributed by atoms with Gasteiger partial charge in [0.1, 0.15) is 10.6 Å². The van der Waals surface area contributed by atoms with Crippen molar-refractivity contribution in [2.24, 2.45) is 0 Å². The molecule has 1 saturated heterocycles. The predicted molar refractivity (Wildman–Crippen MR) is 145 cm³/mol. The fraction of sp³-hybridized carbons (Fsp3) is 0.577. The van der Waals surface area contributed by atoms with Crippen LogP contribution in [0.4, 0.5) is 16.3 Å². The Morgan fingerprint density at radius 1 is 1.21 bits per heavy atom. The largest absolute Gasteiger partial charge is 0.396 e. The molecule has 4 N–H and O–H groups in total. The number of aliphatic hydroxyl groups excluding tert-OH is 2. The highest BCUT2D eigenvalue weighted by Gasteiger charge is 2.56. The van der Waals surface area contributed by atoms with Crippen LogP contribution in [0.5, 0.6) is 0 Å². The average Bonchev–Trinajstić information content (AvgIpc) is 3.71. The van der Waals surface area contributed by atoms with E-state index in [2.05, 4.69) is 15.5 Å². The van der Waals surface area contributed by atoms with Gasteiger partial charge in [0.2, 0.25) is 0 Å². The fourth-order valence-electron chi connectivity index (χ4n) is 4.51. The fourth-order valence-corrected chi connectivity index (χ4v) is 6.56. The summed E-state index contributed by atoms with van der Waals surface area (Å²) in [5, 5.41) is 24.0. The van der Waals surface area contributed by atoms with Crippen LogP contribution >= 0.6 is 0 Å². The summed E-state index contributed by atoms with van der Waals surface area (Å²) >= 11 is 0. The number of carbonyl (C=O) groups is 1. The lowest BCUT2D eigenvalue weighted by Crippen LogP contribution is -2.48. The maximum Gasteiger partial charge on any atom is 0.319 e. The Labute approximate surface area is 223 Å². The summed E-state index contributed by atoms with van der Waals surface area (Å²) in [6.07, 6.45) is 1.15. The Balaban J connectivity index is 1.67. The number of nitrogens with one attached hydrogen (secondary N) is 2. The topological polar surface area (TPSA) is 154 Å². The molecule has 2 aromatic rings. The number of urea groups is 1. The van der Waals surface area contributed by atoms with E-state index in [0.29, 0.717) is 61.2 Å². The third-order valence-corrected chi connectivity index (χ3v) is 9.59. The summed E-state index contributed by atoms with van der Waals surface area (Å²) in [5.74, 6) is 0.955. The number of anilines is 2. The lowest BCUT2D eigenvalue weighted by Gasteiger charge is -2.34. The highest BCUT2D eigenvalue weighted by Crippen LogP contribution is 2.53. The van der Waals surface area contributed by atoms with Gasteiger partial charge in [-0.25, -0.2) is 23.2 Å². The highest BCUT2D eigenvalue weighted by atomic mass is 32.2. The van der Waals surface area contributed by atoms with E-state index in [1.54, 1.807) is 44.2 Å². The van der Waals surface area contributed by atoms with Gasteiger partial charge in [0.25, 0.3) is 0 Å². The number of sulfone groups is 1. The molecule has 4 rings (SSSR count). The van der Waals surface area contributed by atoms with Crippen LogP contribution in [0.25, 0.3) is 11.4 Å². The molecule has 1 atom stereocenters. The number of carbonyl (C=O) groups excluding carboxylic acids is 1. The molecule has 38 heavy (non-hydrogen) atoms. The molecular formula is C26H37N5O6S. The zero-order valence-electron chi connectivity index (χ0n) is 22.1. The van der Waals surface area contributed by atoms with Crippen molar-refractivity contribution in [3.05, 3.63) is 36.0 Å². The van der Waals surface area contributed by atoms with Gasteiger partial charge in [-0.1, -0.05) is 0 Å². The van der Waals surface area contributed by atoms with Gasteiger partial charge in [-0.15, -0.1) is 0 Å². The molecular weight excluding hydrogens is 510 g/mol. The number of morpholine rings is 1. The van der Waals surface area contributed by atoms with Gasteiger partial charge in [-0.2, -0.15) is 0 Å². The second-order valence-corrected chi connectivity index (χ2v) is 13.1. The van der Waals surface area contributed by atoms with E-state index in [0.717, 1.165) is 0 Å². The van der Waals surface area contributed by atoms with Gasteiger partial charge in [0.05, 0.1) is 42.8 Å². The van der Waals surface area contributed by atoms with Crippen LogP contribution in [0.3, 0.4) is 0 Å². The molecule has 208 valence electrons. The molecule has 1 saturated carbocycles. The number of benzene rings is 1. The maximum absolute atomic E-state index is 13.3. The first-order chi connectivity index (χ1) is 18.0. The molecule has 0 spiro atoms. The Hall–Kier alpha value is -2.80. The van der Waals surface area contributed by atoms with E-state index < -0.39 is 26.2 Å². The number of hydrogen-bond acceptors (Lipinski definition) is 9. The van der Waals surface area contributed by atoms with Gasteiger partial charge in [-0.05, 0) is 64.3 Å². The first kappa shape index (κ1) is 28.2. The third-order valence-electron chi connectivity index (χ3n) is 6.96. The first-order valence-electron chi connectivity index (χ1n) is 12.9. The SMILES string of the molecule is C[C@H]1COCCN1c1cc(C2(S(=O)(=O)CCCO)CC2)nc(-c2ccc(NC(=O)NC(C)(C)CO)cc2)n1. The van der Waals surface area contributed by atoms with Crippen molar-refractivity contribution < 1.29 is 28.2 Å². The van der Waals surface area contributed by atoms with Crippen LogP contribution in [-0.4, -0.2) is 84.9 Å². The smallest absolute Gasteiger partial charge is 0.319 e. The van der Waals surface area contributed by atoms with Crippen LogP contribution in [0.15, 0.2) is 30.3 Å². The van der Waals surface area contributed by atoms with Crippen molar-refractivity contribution in [3.8, 4) is 11.4 Å². The van der Waals surface area contributed by atoms with Crippen LogP contribution in [-0.2, 0) is 19.3 Å². The lowest BCUT2D eigenvalue weighted by molar-refractivity contribution is 0.0985. The lowest BCUT2D eigenvalue weighted by atomic mass is 10.1. The van der Waals surface area contributed by atoms with Gasteiger partial charge < -0.3 is 30.5 Å². The van der Waals surface area contributed by atoms with E-state index >= 15 is 0 Å². The van der Waals surface area contributed by atoms with Crippen molar-refractivity contribution in [2.75, 3.05) is 48.9 Å². The second-order valence-electron chi connectivity index (χ2n) is 10.6. The molecule has 0 bridgehead atoms. The summed E-state index contributed by atoms with van der Waals surface area (Å²) in [6.45, 7) is 6.80. The zero-order valence-corrected chi connectivity index (χ0v) is 22.9. The molecule has 12 heteroatoms. The number of hydrogen-bond donors (Lipinski definition) is 4. The molecule has 2 fully saturated rings. The Morgan fingerprint density at radius 3 is 2.53 bits per heavy atom. The summed E-state index contributed by atoms with van der Waals surface area (Å²) in [7, 11) is -3.53. The maximum atomic E-state index is 13.3. The molecule has 2 amide bonds. The van der Waals surface area contributed by atoms with Crippen LogP contribution in [0.1, 0.15) is 45.7 Å². The molecule has 1 aromatic heterocycles. The van der Waals surface area contributed by atoms with Gasteiger partial charge in [0.15, 0.2) is 15.7 Å². The molecule has 1 aliphatic carbocycles. The number of amides is 2. The van der Waals surface area contributed by atoms with Crippen LogP contribution in [0.2, 0.25) is 0 Å². The predicted octanol–water partition coefficient (Wildman–Crippen LogP) is 2.05. The minimum atomic E-state index is -3.53. The molecule has 1 aliphatic heterocycles. The Kier molecular flexibility index (Phi) is 8.26. The second kappa shape index (κ2) is 11.1. The minimum absolute atomic E-state index is 0.0637. The highest BCUT2D eigenvalue weighted by molar-refractivity contribution is 7.92. The average molecular weight is 548 g/mol. The van der Waals surface area contributed by atoms with Crippen molar-refractivity contribution in [2.45, 2.75) is 56.4 Å². The number of nitrogens with zero attached hydrogens (tertiary/aromatic N) is 3. The molecule has 0 radical (unpaired) electrons. The summed E-state index contributed by atoms with van der Waals surface area (Å²) in [4.78, 5) is 23.9. The molecule has 11 nitrogen and oxygen atoms in total. The van der Waals surface area contributed by atoms with Crippen LogP contribution < -0.4 is 15.5 Å². The van der Waals surface area contributed by atoms with E-state index in [-0.39, 0.29) is 31.4 Å². The van der Waals surface area contributed by atoms with Crippen molar-refractivity contribution in [1.29, 1.82) is 0 Å². The summed E-state index contributed by atoms with van der Waals surface area (Å²) in [6, 6.07) is 8.41. The molecule has 1 aromatic carbocycles. The van der Waals surface area contributed by atoms with E-state index in [1.165, 1.54) is 0 Å². The standard InChI is InChI=1S/C26H37N5O6S/c1-18-16-37-13-11-31(18)22-15-21(26(9-10-26)38(35,36)14-4-12-32)28-23(29-22)19-5-7-20(8-6-19)27-24(34)30-25(2,3)17-33/h5-8,15,18,32-33H,4,9-14,16-17H2,1-3H3,(H2,27,30,34)/t18-/m0/s1. The van der Waals surface area contributed by atoms with E-state index in [9.17, 15) is 23.4 Å². The number of rotatable bonds is 10. The normalized spacial score (nSPS) is 19.2. The molecule has 2 aliphatic rings. The Bertz CT molecular complexity index is 1250. The summed E-state index contributed by atoms with van der Waals surface area (Å²) in [5.41, 5.74) is 0.936. The summed E-state index contributed by atoms with van der Waals surface area (Å²) < 4.78 is 31.1. The Morgan fingerprint density at radius 2 is 1.92 bits per heavy atom. The molecule has 0 unspecified atom stereocenters. The first-order valence-corrected chi connectivity index (χ1v) is 14.5. The van der Waals surface area contributed by atoms with E-state index in [4.69, 9.17) is 14.7 Å². The van der Waals surface area contributed by atoms with Gasteiger partial charge in [0, 0.05) is 30.5 Å². The minimum Gasteiger partial charge on any atom is -0.396 e. The van der Waals surface area contributed by atoms with Crippen molar-refractivity contribution >= 4 is 27.4 Å². The van der Waals surface area contributed by atoms with Crippen molar-refractivity contribution in [1.82, 2.24) is 15.3 Å². The van der Waals surface area contributed by atoms with Crippen molar-refractivity contribution in [3.63, 3.8) is 0 Å². The van der Waals surface area contributed by atoms with Gasteiger partial charge in [-0.3, -0.25) is 0 Å². The van der Waals surface area contributed by atoms with E-state index in [1.807, 2.05) is 6.92 Å². The van der Waals surface area contributed by atoms with Gasteiger partial charge >= 0.3 is 6.03 Å². The quantitative estimate of drug-likeness (QED) is 0.350. The third kappa shape index (κ3) is 6.09.